The lowest BCUT2D eigenvalue weighted by atomic mass is 10.0. The summed E-state index contributed by atoms with van der Waals surface area (Å²) in [6, 6.07) is 9.82. The van der Waals surface area contributed by atoms with E-state index in [1.165, 1.54) is 10.9 Å². The van der Waals surface area contributed by atoms with Gasteiger partial charge in [0.1, 0.15) is 0 Å². The third-order valence-corrected chi connectivity index (χ3v) is 5.24. The number of aromatic amines is 1. The van der Waals surface area contributed by atoms with Crippen molar-refractivity contribution >= 4 is 45.7 Å². The van der Waals surface area contributed by atoms with Crippen LogP contribution in [0.3, 0.4) is 0 Å². The second kappa shape index (κ2) is 5.45. The van der Waals surface area contributed by atoms with Crippen LogP contribution in [0.1, 0.15) is 23.5 Å². The summed E-state index contributed by atoms with van der Waals surface area (Å²) in [6.07, 6.45) is 4.01. The first-order valence-corrected chi connectivity index (χ1v) is 8.32. The second-order valence-electron chi connectivity index (χ2n) is 5.84. The van der Waals surface area contributed by atoms with Gasteiger partial charge in [0.25, 0.3) is 0 Å². The number of nitrogens with one attached hydrogen (secondary N) is 1. The van der Waals surface area contributed by atoms with E-state index in [1.807, 2.05) is 12.3 Å². The van der Waals surface area contributed by atoms with E-state index < -0.39 is 0 Å². The maximum atomic E-state index is 6.33. The van der Waals surface area contributed by atoms with Gasteiger partial charge in [-0.05, 0) is 54.0 Å². The molecule has 0 aliphatic heterocycles. The molecule has 2 unspecified atom stereocenters. The van der Waals surface area contributed by atoms with Crippen LogP contribution in [0.25, 0.3) is 10.9 Å². The molecule has 5 heteroatoms. The van der Waals surface area contributed by atoms with E-state index in [4.69, 9.17) is 34.8 Å². The summed E-state index contributed by atoms with van der Waals surface area (Å²) in [5.41, 5.74) is 3.44. The van der Waals surface area contributed by atoms with Crippen molar-refractivity contribution in [2.45, 2.75) is 18.8 Å². The van der Waals surface area contributed by atoms with E-state index >= 15 is 0 Å². The van der Waals surface area contributed by atoms with Crippen molar-refractivity contribution < 1.29 is 0 Å². The van der Waals surface area contributed by atoms with Crippen LogP contribution in [0.5, 0.6) is 0 Å². The maximum absolute atomic E-state index is 6.33. The fraction of sp³-hybridized carbons (Fsp3) is 0.235. The van der Waals surface area contributed by atoms with Gasteiger partial charge in [0.2, 0.25) is 0 Å². The predicted octanol–water partition coefficient (Wildman–Crippen LogP) is 5.87. The van der Waals surface area contributed by atoms with Gasteiger partial charge in [0, 0.05) is 20.5 Å². The predicted molar refractivity (Wildman–Crippen MR) is 92.1 cm³/mol. The van der Waals surface area contributed by atoms with Crippen molar-refractivity contribution in [1.82, 2.24) is 10.2 Å². The van der Waals surface area contributed by atoms with Crippen molar-refractivity contribution in [1.29, 1.82) is 0 Å². The highest BCUT2D eigenvalue weighted by Gasteiger charge is 2.40. The Labute approximate surface area is 143 Å². The number of hydrogen-bond acceptors (Lipinski definition) is 1. The molecular formula is C17H13Cl3N2. The molecule has 1 heterocycles. The van der Waals surface area contributed by atoms with E-state index in [1.54, 1.807) is 12.1 Å². The zero-order chi connectivity index (χ0) is 15.3. The molecule has 2 nitrogen and oxygen atoms in total. The van der Waals surface area contributed by atoms with Gasteiger partial charge in [-0.2, -0.15) is 5.10 Å². The average molecular weight is 352 g/mol. The van der Waals surface area contributed by atoms with E-state index in [9.17, 15) is 0 Å². The molecule has 0 bridgehead atoms. The van der Waals surface area contributed by atoms with Crippen LogP contribution in [0, 0.1) is 5.92 Å². The third kappa shape index (κ3) is 2.50. The second-order valence-corrected chi connectivity index (χ2v) is 7.09. The number of rotatable bonds is 3. The highest BCUT2D eigenvalue weighted by atomic mass is 35.5. The number of fused-ring (bicyclic) bond motifs is 1. The Morgan fingerprint density at radius 3 is 2.68 bits per heavy atom. The van der Waals surface area contributed by atoms with Crippen molar-refractivity contribution in [2.24, 2.45) is 5.92 Å². The smallest absolute Gasteiger partial charge is 0.0653 e. The van der Waals surface area contributed by atoms with Crippen LogP contribution in [-0.4, -0.2) is 10.2 Å². The zero-order valence-electron chi connectivity index (χ0n) is 11.6. The van der Waals surface area contributed by atoms with Crippen LogP contribution in [0.2, 0.25) is 15.1 Å². The minimum absolute atomic E-state index is 0.416. The molecule has 1 aliphatic rings. The fourth-order valence-corrected chi connectivity index (χ4v) is 4.32. The van der Waals surface area contributed by atoms with Gasteiger partial charge in [0.15, 0.2) is 0 Å². The van der Waals surface area contributed by atoms with Gasteiger partial charge >= 0.3 is 0 Å². The summed E-state index contributed by atoms with van der Waals surface area (Å²) < 4.78 is 0. The van der Waals surface area contributed by atoms with Crippen LogP contribution in [0.15, 0.2) is 36.5 Å². The number of benzene rings is 2. The SMILES string of the molecule is Clc1cc(Cl)c(C2CC2Cc2cccc3[nH]ncc23)c(Cl)c1. The van der Waals surface area contributed by atoms with E-state index in [-0.39, 0.29) is 0 Å². The monoisotopic (exact) mass is 350 g/mol. The van der Waals surface area contributed by atoms with Gasteiger partial charge < -0.3 is 0 Å². The summed E-state index contributed by atoms with van der Waals surface area (Å²) in [5, 5.41) is 10.3. The molecule has 1 fully saturated rings. The summed E-state index contributed by atoms with van der Waals surface area (Å²) in [7, 11) is 0. The molecule has 4 rings (SSSR count). The number of H-pyrrole nitrogens is 1. The van der Waals surface area contributed by atoms with Crippen molar-refractivity contribution in [3.8, 4) is 0 Å². The van der Waals surface area contributed by atoms with Crippen LogP contribution in [0.4, 0.5) is 0 Å². The van der Waals surface area contributed by atoms with Crippen molar-refractivity contribution in [3.63, 3.8) is 0 Å². The Balaban J connectivity index is 1.60. The third-order valence-electron chi connectivity index (χ3n) is 4.39. The van der Waals surface area contributed by atoms with Crippen LogP contribution >= 0.6 is 34.8 Å². The molecule has 0 amide bonds. The first-order chi connectivity index (χ1) is 10.6. The summed E-state index contributed by atoms with van der Waals surface area (Å²) in [4.78, 5) is 0. The highest BCUT2D eigenvalue weighted by Crippen LogP contribution is 2.54. The van der Waals surface area contributed by atoms with Gasteiger partial charge in [-0.15, -0.1) is 0 Å². The van der Waals surface area contributed by atoms with Gasteiger partial charge in [-0.25, -0.2) is 0 Å². The molecule has 2 atom stereocenters. The topological polar surface area (TPSA) is 28.7 Å². The van der Waals surface area contributed by atoms with E-state index in [0.29, 0.717) is 26.9 Å². The summed E-state index contributed by atoms with van der Waals surface area (Å²) in [6.45, 7) is 0. The molecule has 112 valence electrons. The highest BCUT2D eigenvalue weighted by molar-refractivity contribution is 6.39. The fourth-order valence-electron chi connectivity index (χ4n) is 3.22. The minimum atomic E-state index is 0.416. The number of halogens is 3. The molecule has 0 radical (unpaired) electrons. The normalized spacial score (nSPS) is 20.5. The Morgan fingerprint density at radius 1 is 1.14 bits per heavy atom. The zero-order valence-corrected chi connectivity index (χ0v) is 13.9. The Kier molecular flexibility index (Phi) is 3.56. The molecular weight excluding hydrogens is 339 g/mol. The lowest BCUT2D eigenvalue weighted by molar-refractivity contribution is 0.800. The summed E-state index contributed by atoms with van der Waals surface area (Å²) >= 11 is 18.7. The molecule has 0 saturated heterocycles. The van der Waals surface area contributed by atoms with Crippen molar-refractivity contribution in [2.75, 3.05) is 0 Å². The van der Waals surface area contributed by atoms with Crippen LogP contribution in [-0.2, 0) is 6.42 Å². The molecule has 2 aromatic carbocycles. The molecule has 3 aromatic rings. The largest absolute Gasteiger partial charge is 0.278 e. The minimum Gasteiger partial charge on any atom is -0.278 e. The lowest BCUT2D eigenvalue weighted by Crippen LogP contribution is -1.93. The first-order valence-electron chi connectivity index (χ1n) is 7.19. The molecule has 1 N–H and O–H groups in total. The lowest BCUT2D eigenvalue weighted by Gasteiger charge is -2.08. The molecule has 0 spiro atoms. The Hall–Kier alpha value is -1.22. The molecule has 1 aliphatic carbocycles. The summed E-state index contributed by atoms with van der Waals surface area (Å²) in [5.74, 6) is 0.982. The molecule has 1 aromatic heterocycles. The maximum Gasteiger partial charge on any atom is 0.0653 e. The molecule has 22 heavy (non-hydrogen) atoms. The Bertz CT molecular complexity index is 833. The standard InChI is InChI=1S/C17H13Cl3N2/c18-11-6-14(19)17(15(20)7-11)12-5-10(12)4-9-2-1-3-16-13(9)8-21-22-16/h1-3,6-8,10,12H,4-5H2,(H,21,22). The van der Waals surface area contributed by atoms with Gasteiger partial charge in [-0.1, -0.05) is 46.9 Å². The quantitative estimate of drug-likeness (QED) is 0.628. The van der Waals surface area contributed by atoms with Crippen LogP contribution < -0.4 is 0 Å². The van der Waals surface area contributed by atoms with Gasteiger partial charge in [-0.3, -0.25) is 5.10 Å². The Morgan fingerprint density at radius 2 is 1.91 bits per heavy atom. The van der Waals surface area contributed by atoms with Crippen molar-refractivity contribution in [3.05, 3.63) is 62.7 Å². The molecule has 1 saturated carbocycles. The first kappa shape index (κ1) is 14.4. The van der Waals surface area contributed by atoms with E-state index in [2.05, 4.69) is 22.3 Å². The number of nitrogens with zero attached hydrogens (tertiary/aromatic N) is 1. The van der Waals surface area contributed by atoms with Gasteiger partial charge in [0.05, 0.1) is 11.7 Å². The number of aromatic nitrogens is 2. The number of hydrogen-bond donors (Lipinski definition) is 1. The average Bonchev–Trinajstić information content (AvgIpc) is 3.01. The van der Waals surface area contributed by atoms with E-state index in [0.717, 1.165) is 23.9 Å².